The predicted molar refractivity (Wildman–Crippen MR) is 73.1 cm³/mol. The van der Waals surface area contributed by atoms with Crippen molar-refractivity contribution in [2.24, 2.45) is 5.73 Å². The molecule has 0 amide bonds. The van der Waals surface area contributed by atoms with Crippen molar-refractivity contribution in [3.8, 4) is 0 Å². The predicted octanol–water partition coefficient (Wildman–Crippen LogP) is 3.14. The lowest BCUT2D eigenvalue weighted by Gasteiger charge is -2.20. The molecule has 16 heavy (non-hydrogen) atoms. The van der Waals surface area contributed by atoms with E-state index in [2.05, 4.69) is 25.8 Å². The molecule has 2 N–H and O–H groups in total. The summed E-state index contributed by atoms with van der Waals surface area (Å²) in [6, 6.07) is 2.08. The Kier molecular flexibility index (Phi) is 5.09. The Morgan fingerprint density at radius 3 is 2.75 bits per heavy atom. The van der Waals surface area contributed by atoms with E-state index in [9.17, 15) is 0 Å². The molecule has 0 radical (unpaired) electrons. The lowest BCUT2D eigenvalue weighted by molar-refractivity contribution is 0.733. The fourth-order valence-corrected chi connectivity index (χ4v) is 2.30. The first-order valence-corrected chi connectivity index (χ1v) is 6.73. The average molecular weight is 259 g/mol. The third kappa shape index (κ3) is 5.19. The Bertz CT molecular complexity index is 336. The van der Waals surface area contributed by atoms with Crippen molar-refractivity contribution in [3.05, 3.63) is 29.0 Å². The highest BCUT2D eigenvalue weighted by Gasteiger charge is 2.14. The van der Waals surface area contributed by atoms with Gasteiger partial charge < -0.3 is 5.73 Å². The van der Waals surface area contributed by atoms with Crippen LogP contribution < -0.4 is 5.73 Å². The van der Waals surface area contributed by atoms with Gasteiger partial charge in [-0.2, -0.15) is 11.8 Å². The van der Waals surface area contributed by atoms with Crippen LogP contribution in [0.25, 0.3) is 0 Å². The summed E-state index contributed by atoms with van der Waals surface area (Å²) in [6.45, 7) is 6.59. The van der Waals surface area contributed by atoms with Crippen LogP contribution >= 0.6 is 23.4 Å². The quantitative estimate of drug-likeness (QED) is 0.902. The molecule has 0 aliphatic heterocycles. The van der Waals surface area contributed by atoms with E-state index in [0.717, 1.165) is 17.7 Å². The highest BCUT2D eigenvalue weighted by molar-refractivity contribution is 8.00. The summed E-state index contributed by atoms with van der Waals surface area (Å²) < 4.78 is 0.264. The van der Waals surface area contributed by atoms with Gasteiger partial charge in [-0.3, -0.25) is 4.98 Å². The first kappa shape index (κ1) is 13.8. The smallest absolute Gasteiger partial charge is 0.0621 e. The maximum atomic E-state index is 6.08. The summed E-state index contributed by atoms with van der Waals surface area (Å²) in [5.74, 6) is 0.947. The molecule has 0 aromatic carbocycles. The SMILES string of the molecule is CC(C)(C)SCC(N)Cc1ccncc1Cl. The molecule has 0 spiro atoms. The molecule has 0 aliphatic rings. The zero-order valence-electron chi connectivity index (χ0n) is 10.0. The van der Waals surface area contributed by atoms with Crippen LogP contribution in [0, 0.1) is 0 Å². The van der Waals surface area contributed by atoms with Crippen molar-refractivity contribution in [2.75, 3.05) is 5.75 Å². The molecule has 1 unspecified atom stereocenters. The largest absolute Gasteiger partial charge is 0.327 e. The van der Waals surface area contributed by atoms with E-state index in [-0.39, 0.29) is 10.8 Å². The monoisotopic (exact) mass is 258 g/mol. The fraction of sp³-hybridized carbons (Fsp3) is 0.583. The van der Waals surface area contributed by atoms with E-state index in [1.807, 2.05) is 17.8 Å². The Morgan fingerprint density at radius 1 is 1.50 bits per heavy atom. The van der Waals surface area contributed by atoms with Crippen LogP contribution in [0.3, 0.4) is 0 Å². The summed E-state index contributed by atoms with van der Waals surface area (Å²) in [5, 5.41) is 0.707. The Balaban J connectivity index is 2.46. The summed E-state index contributed by atoms with van der Waals surface area (Å²) in [7, 11) is 0. The number of nitrogens with two attached hydrogens (primary N) is 1. The zero-order chi connectivity index (χ0) is 12.2. The van der Waals surface area contributed by atoms with Gasteiger partial charge in [0.25, 0.3) is 0 Å². The number of aromatic nitrogens is 1. The molecule has 0 aliphatic carbocycles. The normalized spacial score (nSPS) is 13.8. The van der Waals surface area contributed by atoms with E-state index >= 15 is 0 Å². The van der Waals surface area contributed by atoms with Crippen LogP contribution in [-0.2, 0) is 6.42 Å². The highest BCUT2D eigenvalue weighted by Crippen LogP contribution is 2.24. The highest BCUT2D eigenvalue weighted by atomic mass is 35.5. The Hall–Kier alpha value is -0.250. The Labute approximate surface area is 107 Å². The fourth-order valence-electron chi connectivity index (χ4n) is 1.27. The summed E-state index contributed by atoms with van der Waals surface area (Å²) in [5.41, 5.74) is 7.16. The number of rotatable bonds is 4. The average Bonchev–Trinajstić information content (AvgIpc) is 2.18. The van der Waals surface area contributed by atoms with Crippen molar-refractivity contribution in [1.82, 2.24) is 4.98 Å². The van der Waals surface area contributed by atoms with Gasteiger partial charge in [0.1, 0.15) is 0 Å². The van der Waals surface area contributed by atoms with Crippen LogP contribution in [0.2, 0.25) is 5.02 Å². The molecule has 1 rings (SSSR count). The molecule has 1 heterocycles. The lowest BCUT2D eigenvalue weighted by Crippen LogP contribution is -2.28. The number of hydrogen-bond donors (Lipinski definition) is 1. The Morgan fingerprint density at radius 2 is 2.19 bits per heavy atom. The van der Waals surface area contributed by atoms with Gasteiger partial charge in [-0.25, -0.2) is 0 Å². The van der Waals surface area contributed by atoms with Crippen LogP contribution in [0.1, 0.15) is 26.3 Å². The van der Waals surface area contributed by atoms with Gasteiger partial charge in [0.05, 0.1) is 5.02 Å². The zero-order valence-corrected chi connectivity index (χ0v) is 11.6. The van der Waals surface area contributed by atoms with Gasteiger partial charge in [-0.05, 0) is 18.1 Å². The van der Waals surface area contributed by atoms with Gasteiger partial charge in [-0.15, -0.1) is 0 Å². The van der Waals surface area contributed by atoms with E-state index in [1.54, 1.807) is 12.4 Å². The first-order valence-electron chi connectivity index (χ1n) is 5.36. The summed E-state index contributed by atoms with van der Waals surface area (Å²) in [6.07, 6.45) is 4.23. The molecule has 1 aromatic rings. The van der Waals surface area contributed by atoms with Gasteiger partial charge in [0, 0.05) is 28.9 Å². The number of halogens is 1. The molecule has 90 valence electrons. The topological polar surface area (TPSA) is 38.9 Å². The molecule has 4 heteroatoms. The van der Waals surface area contributed by atoms with Crippen molar-refractivity contribution < 1.29 is 0 Å². The second-order valence-electron chi connectivity index (χ2n) is 4.85. The minimum atomic E-state index is 0.143. The van der Waals surface area contributed by atoms with Crippen molar-refractivity contribution in [1.29, 1.82) is 0 Å². The number of hydrogen-bond acceptors (Lipinski definition) is 3. The van der Waals surface area contributed by atoms with Gasteiger partial charge >= 0.3 is 0 Å². The number of pyridine rings is 1. The summed E-state index contributed by atoms with van der Waals surface area (Å²) in [4.78, 5) is 3.96. The number of nitrogens with zero attached hydrogens (tertiary/aromatic N) is 1. The van der Waals surface area contributed by atoms with Crippen molar-refractivity contribution >= 4 is 23.4 Å². The van der Waals surface area contributed by atoms with Crippen LogP contribution in [-0.4, -0.2) is 21.5 Å². The second kappa shape index (κ2) is 5.89. The third-order valence-electron chi connectivity index (χ3n) is 2.07. The van der Waals surface area contributed by atoms with Crippen LogP contribution in [0.5, 0.6) is 0 Å². The summed E-state index contributed by atoms with van der Waals surface area (Å²) >= 11 is 7.92. The maximum Gasteiger partial charge on any atom is 0.0621 e. The molecule has 0 saturated heterocycles. The van der Waals surface area contributed by atoms with Crippen molar-refractivity contribution in [3.63, 3.8) is 0 Å². The van der Waals surface area contributed by atoms with Gasteiger partial charge in [0.2, 0.25) is 0 Å². The standard InChI is InChI=1S/C12H19ClN2S/c1-12(2,3)16-8-10(14)6-9-4-5-15-7-11(9)13/h4-5,7,10H,6,8,14H2,1-3H3. The molecule has 0 saturated carbocycles. The molecular weight excluding hydrogens is 240 g/mol. The van der Waals surface area contributed by atoms with E-state index in [4.69, 9.17) is 17.3 Å². The van der Waals surface area contributed by atoms with Crippen LogP contribution in [0.4, 0.5) is 0 Å². The number of thioether (sulfide) groups is 1. The van der Waals surface area contributed by atoms with Gasteiger partial charge in [-0.1, -0.05) is 32.4 Å². The van der Waals surface area contributed by atoms with Gasteiger partial charge in [0.15, 0.2) is 0 Å². The van der Waals surface area contributed by atoms with Crippen LogP contribution in [0.15, 0.2) is 18.5 Å². The lowest BCUT2D eigenvalue weighted by atomic mass is 10.1. The third-order valence-corrected chi connectivity index (χ3v) is 3.87. The molecule has 0 bridgehead atoms. The van der Waals surface area contributed by atoms with E-state index in [0.29, 0.717) is 5.02 Å². The molecular formula is C12H19ClN2S. The first-order chi connectivity index (χ1) is 7.38. The molecule has 1 aromatic heterocycles. The molecule has 2 nitrogen and oxygen atoms in total. The van der Waals surface area contributed by atoms with E-state index in [1.165, 1.54) is 0 Å². The molecule has 1 atom stereocenters. The van der Waals surface area contributed by atoms with E-state index < -0.39 is 0 Å². The maximum absolute atomic E-state index is 6.08. The molecule has 0 fully saturated rings. The minimum absolute atomic E-state index is 0.143. The second-order valence-corrected chi connectivity index (χ2v) is 7.11. The minimum Gasteiger partial charge on any atom is -0.327 e. The van der Waals surface area contributed by atoms with Crippen molar-refractivity contribution in [2.45, 2.75) is 38.0 Å².